The quantitative estimate of drug-likeness (QED) is 0.498. The SMILES string of the molecule is CCCCC(CC)C(P)C(C)(C)CC(C)(C)C. The summed E-state index contributed by atoms with van der Waals surface area (Å²) < 4.78 is 0. The fraction of sp³-hybridized carbons (Fsp3) is 1.00. The summed E-state index contributed by atoms with van der Waals surface area (Å²) in [4.78, 5) is 0. The van der Waals surface area contributed by atoms with Crippen LogP contribution >= 0.6 is 9.24 Å². The molecule has 0 bridgehead atoms. The lowest BCUT2D eigenvalue weighted by molar-refractivity contribution is 0.172. The largest absolute Gasteiger partial charge is 0.134 e. The highest BCUT2D eigenvalue weighted by Crippen LogP contribution is 2.43. The average molecular weight is 258 g/mol. The minimum Gasteiger partial charge on any atom is -0.134 e. The Kier molecular flexibility index (Phi) is 7.31. The Labute approximate surface area is 113 Å². The standard InChI is InChI=1S/C16H35P/c1-8-10-11-13(9-2)14(17)16(6,7)12-15(3,4)5/h13-14H,8-12,17H2,1-7H3. The smallest absolute Gasteiger partial charge is 0.0184 e. The van der Waals surface area contributed by atoms with E-state index in [1.807, 2.05) is 0 Å². The van der Waals surface area contributed by atoms with E-state index < -0.39 is 0 Å². The zero-order valence-electron chi connectivity index (χ0n) is 13.3. The van der Waals surface area contributed by atoms with E-state index in [1.54, 1.807) is 0 Å². The lowest BCUT2D eigenvalue weighted by atomic mass is 9.70. The maximum atomic E-state index is 3.16. The second-order valence-corrected chi connectivity index (χ2v) is 8.28. The summed E-state index contributed by atoms with van der Waals surface area (Å²) in [6.45, 7) is 16.6. The molecule has 104 valence electrons. The summed E-state index contributed by atoms with van der Waals surface area (Å²) in [5.41, 5.74) is 1.61. The average Bonchev–Trinajstić information content (AvgIpc) is 2.15. The van der Waals surface area contributed by atoms with E-state index in [2.05, 4.69) is 57.7 Å². The van der Waals surface area contributed by atoms with E-state index in [4.69, 9.17) is 0 Å². The van der Waals surface area contributed by atoms with Crippen LogP contribution in [0.2, 0.25) is 0 Å². The fourth-order valence-corrected chi connectivity index (χ4v) is 3.81. The molecule has 0 aliphatic carbocycles. The zero-order valence-corrected chi connectivity index (χ0v) is 14.4. The molecule has 0 heterocycles. The zero-order chi connectivity index (χ0) is 13.7. The third-order valence-electron chi connectivity index (χ3n) is 3.85. The molecule has 17 heavy (non-hydrogen) atoms. The van der Waals surface area contributed by atoms with Gasteiger partial charge < -0.3 is 0 Å². The molecular formula is C16H35P. The molecule has 3 unspecified atom stereocenters. The van der Waals surface area contributed by atoms with Crippen molar-refractivity contribution in [1.29, 1.82) is 0 Å². The maximum Gasteiger partial charge on any atom is -0.0184 e. The van der Waals surface area contributed by atoms with E-state index in [0.29, 0.717) is 10.8 Å². The van der Waals surface area contributed by atoms with Crippen molar-refractivity contribution in [3.63, 3.8) is 0 Å². The summed E-state index contributed by atoms with van der Waals surface area (Å²) in [6.07, 6.45) is 6.73. The van der Waals surface area contributed by atoms with Crippen molar-refractivity contribution in [2.24, 2.45) is 16.7 Å². The number of hydrogen-bond acceptors (Lipinski definition) is 0. The van der Waals surface area contributed by atoms with Crippen molar-refractivity contribution in [3.8, 4) is 0 Å². The van der Waals surface area contributed by atoms with Gasteiger partial charge in [-0.3, -0.25) is 0 Å². The first-order valence-corrected chi connectivity index (χ1v) is 8.06. The van der Waals surface area contributed by atoms with Crippen molar-refractivity contribution in [1.82, 2.24) is 0 Å². The number of rotatable bonds is 7. The van der Waals surface area contributed by atoms with Gasteiger partial charge in [-0.05, 0) is 35.2 Å². The first-order chi connectivity index (χ1) is 7.64. The maximum absolute atomic E-state index is 3.16. The molecule has 0 amide bonds. The van der Waals surface area contributed by atoms with Gasteiger partial charge in [0.05, 0.1) is 0 Å². The van der Waals surface area contributed by atoms with Crippen LogP contribution in [0.5, 0.6) is 0 Å². The van der Waals surface area contributed by atoms with Gasteiger partial charge in [0.15, 0.2) is 0 Å². The molecular weight excluding hydrogens is 223 g/mol. The minimum atomic E-state index is 0.428. The van der Waals surface area contributed by atoms with Crippen LogP contribution in [0.4, 0.5) is 0 Å². The molecule has 0 aromatic carbocycles. The molecule has 0 spiro atoms. The number of hydrogen-bond donors (Lipinski definition) is 0. The lowest BCUT2D eigenvalue weighted by Gasteiger charge is -2.41. The van der Waals surface area contributed by atoms with Crippen molar-refractivity contribution >= 4 is 9.24 Å². The van der Waals surface area contributed by atoms with E-state index in [1.165, 1.54) is 32.1 Å². The van der Waals surface area contributed by atoms with Crippen LogP contribution in [-0.2, 0) is 0 Å². The monoisotopic (exact) mass is 258 g/mol. The molecule has 0 radical (unpaired) electrons. The third-order valence-corrected chi connectivity index (χ3v) is 5.30. The van der Waals surface area contributed by atoms with Crippen LogP contribution in [0, 0.1) is 16.7 Å². The predicted molar refractivity (Wildman–Crippen MR) is 84.7 cm³/mol. The fourth-order valence-electron chi connectivity index (χ4n) is 3.23. The van der Waals surface area contributed by atoms with E-state index in [0.717, 1.165) is 11.6 Å². The molecule has 0 aromatic heterocycles. The summed E-state index contributed by atoms with van der Waals surface area (Å²) in [5, 5.41) is 0. The molecule has 0 N–H and O–H groups in total. The van der Waals surface area contributed by atoms with Crippen molar-refractivity contribution in [2.75, 3.05) is 0 Å². The highest BCUT2D eigenvalue weighted by Gasteiger charge is 2.34. The van der Waals surface area contributed by atoms with E-state index in [9.17, 15) is 0 Å². The van der Waals surface area contributed by atoms with Crippen LogP contribution in [0.15, 0.2) is 0 Å². The highest BCUT2D eigenvalue weighted by molar-refractivity contribution is 7.17. The summed E-state index contributed by atoms with van der Waals surface area (Å²) in [7, 11) is 3.16. The van der Waals surface area contributed by atoms with E-state index >= 15 is 0 Å². The van der Waals surface area contributed by atoms with Crippen molar-refractivity contribution in [3.05, 3.63) is 0 Å². The Morgan fingerprint density at radius 3 is 1.88 bits per heavy atom. The van der Waals surface area contributed by atoms with Crippen LogP contribution in [0.25, 0.3) is 0 Å². The van der Waals surface area contributed by atoms with Gasteiger partial charge in [0.1, 0.15) is 0 Å². The molecule has 0 nitrogen and oxygen atoms in total. The van der Waals surface area contributed by atoms with Gasteiger partial charge in [-0.1, -0.05) is 67.7 Å². The number of unbranched alkanes of at least 4 members (excludes halogenated alkanes) is 1. The van der Waals surface area contributed by atoms with Gasteiger partial charge in [0.25, 0.3) is 0 Å². The summed E-state index contributed by atoms with van der Waals surface area (Å²) in [6, 6.07) is 0. The second kappa shape index (κ2) is 7.13. The molecule has 0 saturated carbocycles. The molecule has 0 aliphatic rings. The van der Waals surface area contributed by atoms with Gasteiger partial charge >= 0.3 is 0 Å². The summed E-state index contributed by atoms with van der Waals surface area (Å²) >= 11 is 0. The van der Waals surface area contributed by atoms with Crippen LogP contribution < -0.4 is 0 Å². The first kappa shape index (κ1) is 17.4. The Balaban J connectivity index is 4.56. The van der Waals surface area contributed by atoms with Gasteiger partial charge in [-0.15, -0.1) is 9.24 Å². The predicted octanol–water partition coefficient (Wildman–Crippen LogP) is 5.91. The normalized spacial score (nSPS) is 16.9. The molecule has 0 rings (SSSR count). The highest BCUT2D eigenvalue weighted by atomic mass is 31.0. The Morgan fingerprint density at radius 1 is 1.00 bits per heavy atom. The van der Waals surface area contributed by atoms with Crippen molar-refractivity contribution < 1.29 is 0 Å². The van der Waals surface area contributed by atoms with Crippen LogP contribution in [0.1, 0.15) is 80.6 Å². The molecule has 0 aliphatic heterocycles. The molecule has 0 aromatic rings. The summed E-state index contributed by atoms with van der Waals surface area (Å²) in [5.74, 6) is 0.872. The van der Waals surface area contributed by atoms with Crippen LogP contribution in [-0.4, -0.2) is 5.66 Å². The van der Waals surface area contributed by atoms with E-state index in [-0.39, 0.29) is 0 Å². The van der Waals surface area contributed by atoms with Gasteiger partial charge in [0, 0.05) is 0 Å². The molecule has 1 heteroatoms. The first-order valence-electron chi connectivity index (χ1n) is 7.39. The van der Waals surface area contributed by atoms with Gasteiger partial charge in [-0.2, -0.15) is 0 Å². The Hall–Kier alpha value is 0.430. The topological polar surface area (TPSA) is 0 Å². The third kappa shape index (κ3) is 6.80. The second-order valence-electron chi connectivity index (χ2n) is 7.56. The molecule has 3 atom stereocenters. The molecule has 0 saturated heterocycles. The van der Waals surface area contributed by atoms with Gasteiger partial charge in [0.2, 0.25) is 0 Å². The Bertz CT molecular complexity index is 200. The minimum absolute atomic E-state index is 0.428. The Morgan fingerprint density at radius 2 is 1.53 bits per heavy atom. The van der Waals surface area contributed by atoms with Gasteiger partial charge in [-0.25, -0.2) is 0 Å². The lowest BCUT2D eigenvalue weighted by Crippen LogP contribution is -2.34. The van der Waals surface area contributed by atoms with Crippen molar-refractivity contribution in [2.45, 2.75) is 86.2 Å². The molecule has 0 fully saturated rings. The van der Waals surface area contributed by atoms with Crippen LogP contribution in [0.3, 0.4) is 0 Å².